The maximum atomic E-state index is 10.5. The van der Waals surface area contributed by atoms with Crippen LogP contribution >= 0.6 is 11.6 Å². The third-order valence-corrected chi connectivity index (χ3v) is 1.91. The van der Waals surface area contributed by atoms with E-state index in [1.54, 1.807) is 0 Å². The van der Waals surface area contributed by atoms with Crippen LogP contribution < -0.4 is 0 Å². The number of rotatable bonds is 7. The van der Waals surface area contributed by atoms with Crippen molar-refractivity contribution in [2.24, 2.45) is 0 Å². The van der Waals surface area contributed by atoms with Gasteiger partial charge >= 0.3 is 11.4 Å². The standard InChI is InChI=1S/C9H15ClO4/c1-2-3-4-7(14-9(10)13)5-6-8(11)12/h7H,2-6H2,1H3,(H,11,12). The van der Waals surface area contributed by atoms with Crippen molar-refractivity contribution in [1.29, 1.82) is 0 Å². The molecule has 0 heterocycles. The minimum absolute atomic E-state index is 0.00144. The zero-order chi connectivity index (χ0) is 11.0. The predicted molar refractivity (Wildman–Crippen MR) is 52.5 cm³/mol. The van der Waals surface area contributed by atoms with Crippen molar-refractivity contribution in [3.05, 3.63) is 0 Å². The molecule has 0 saturated heterocycles. The SMILES string of the molecule is CCCCC(CCC(=O)O)OC(=O)Cl. The normalized spacial score (nSPS) is 12.1. The van der Waals surface area contributed by atoms with Gasteiger partial charge in [-0.3, -0.25) is 4.79 Å². The largest absolute Gasteiger partial charge is 0.481 e. The molecule has 0 bridgehead atoms. The summed E-state index contributed by atoms with van der Waals surface area (Å²) >= 11 is 5.06. The Labute approximate surface area is 88.2 Å². The van der Waals surface area contributed by atoms with Crippen LogP contribution in [0.15, 0.2) is 0 Å². The van der Waals surface area contributed by atoms with Crippen LogP contribution in [-0.4, -0.2) is 22.6 Å². The molecule has 0 amide bonds. The summed E-state index contributed by atoms with van der Waals surface area (Å²) in [5.74, 6) is -0.892. The topological polar surface area (TPSA) is 63.6 Å². The molecule has 0 aromatic carbocycles. The summed E-state index contributed by atoms with van der Waals surface area (Å²) in [6, 6.07) is 0. The molecular weight excluding hydrogens is 208 g/mol. The number of unbranched alkanes of at least 4 members (excludes halogenated alkanes) is 1. The van der Waals surface area contributed by atoms with Gasteiger partial charge < -0.3 is 9.84 Å². The molecule has 14 heavy (non-hydrogen) atoms. The molecule has 0 aromatic heterocycles. The molecular formula is C9H15ClO4. The maximum absolute atomic E-state index is 10.5. The number of carboxylic acid groups (broad SMARTS) is 1. The van der Waals surface area contributed by atoms with Gasteiger partial charge in [-0.05, 0) is 12.8 Å². The lowest BCUT2D eigenvalue weighted by Gasteiger charge is -2.14. The molecule has 1 unspecified atom stereocenters. The molecule has 0 spiro atoms. The summed E-state index contributed by atoms with van der Waals surface area (Å²) in [6.07, 6.45) is 2.50. The van der Waals surface area contributed by atoms with Gasteiger partial charge in [-0.2, -0.15) is 0 Å². The van der Waals surface area contributed by atoms with Gasteiger partial charge in [-0.1, -0.05) is 19.8 Å². The van der Waals surface area contributed by atoms with Crippen molar-refractivity contribution in [1.82, 2.24) is 0 Å². The maximum Gasteiger partial charge on any atom is 0.404 e. The Morgan fingerprint density at radius 3 is 2.50 bits per heavy atom. The Kier molecular flexibility index (Phi) is 7.20. The molecule has 0 radical (unpaired) electrons. The first-order valence-electron chi connectivity index (χ1n) is 4.64. The van der Waals surface area contributed by atoms with E-state index in [-0.39, 0.29) is 12.5 Å². The monoisotopic (exact) mass is 222 g/mol. The highest BCUT2D eigenvalue weighted by Crippen LogP contribution is 2.12. The van der Waals surface area contributed by atoms with Crippen LogP contribution in [0.4, 0.5) is 4.79 Å². The van der Waals surface area contributed by atoms with E-state index in [1.807, 2.05) is 6.92 Å². The van der Waals surface area contributed by atoms with Crippen molar-refractivity contribution in [3.63, 3.8) is 0 Å². The zero-order valence-electron chi connectivity index (χ0n) is 8.16. The summed E-state index contributed by atoms with van der Waals surface area (Å²) in [5, 5.41) is 8.45. The first kappa shape index (κ1) is 13.2. The highest BCUT2D eigenvalue weighted by Gasteiger charge is 2.13. The molecule has 0 fully saturated rings. The predicted octanol–water partition coefficient (Wildman–Crippen LogP) is 2.79. The molecule has 0 aliphatic rings. The van der Waals surface area contributed by atoms with Crippen LogP contribution in [0.2, 0.25) is 0 Å². The van der Waals surface area contributed by atoms with Gasteiger partial charge in [0.1, 0.15) is 6.10 Å². The molecule has 1 atom stereocenters. The summed E-state index contributed by atoms with van der Waals surface area (Å²) in [4.78, 5) is 20.7. The third kappa shape index (κ3) is 7.86. The van der Waals surface area contributed by atoms with Crippen LogP contribution in [0.25, 0.3) is 0 Å². The van der Waals surface area contributed by atoms with Gasteiger partial charge in [0.05, 0.1) is 0 Å². The van der Waals surface area contributed by atoms with E-state index in [9.17, 15) is 9.59 Å². The van der Waals surface area contributed by atoms with E-state index in [2.05, 4.69) is 0 Å². The number of hydrogen-bond donors (Lipinski definition) is 1. The number of carboxylic acids is 1. The van der Waals surface area contributed by atoms with Gasteiger partial charge in [-0.25, -0.2) is 4.79 Å². The summed E-state index contributed by atoms with van der Waals surface area (Å²) in [5.41, 5.74) is -0.864. The number of halogens is 1. The summed E-state index contributed by atoms with van der Waals surface area (Å²) in [6.45, 7) is 2.01. The van der Waals surface area contributed by atoms with Crippen LogP contribution in [0.3, 0.4) is 0 Å². The zero-order valence-corrected chi connectivity index (χ0v) is 8.92. The van der Waals surface area contributed by atoms with E-state index >= 15 is 0 Å². The second kappa shape index (κ2) is 7.62. The lowest BCUT2D eigenvalue weighted by molar-refractivity contribution is -0.137. The quantitative estimate of drug-likeness (QED) is 0.673. The van der Waals surface area contributed by atoms with Gasteiger partial charge in [0.2, 0.25) is 0 Å². The number of carbonyl (C=O) groups is 2. The Hall–Kier alpha value is -0.770. The fourth-order valence-electron chi connectivity index (χ4n) is 1.11. The third-order valence-electron chi connectivity index (χ3n) is 1.82. The molecule has 0 rings (SSSR count). The second-order valence-corrected chi connectivity index (χ2v) is 3.36. The van der Waals surface area contributed by atoms with Gasteiger partial charge in [-0.15, -0.1) is 0 Å². The number of aliphatic carboxylic acids is 1. The molecule has 0 saturated carbocycles. The van der Waals surface area contributed by atoms with Crippen molar-refractivity contribution < 1.29 is 19.4 Å². The fourth-order valence-corrected chi connectivity index (χ4v) is 1.24. The molecule has 0 aliphatic carbocycles. The minimum atomic E-state index is -0.892. The summed E-state index contributed by atoms with van der Waals surface area (Å²) in [7, 11) is 0. The van der Waals surface area contributed by atoms with E-state index in [0.717, 1.165) is 12.8 Å². The highest BCUT2D eigenvalue weighted by molar-refractivity contribution is 6.61. The van der Waals surface area contributed by atoms with Crippen molar-refractivity contribution in [2.45, 2.75) is 45.1 Å². The average Bonchev–Trinajstić information content (AvgIpc) is 2.09. The average molecular weight is 223 g/mol. The van der Waals surface area contributed by atoms with E-state index < -0.39 is 11.4 Å². The number of carbonyl (C=O) groups excluding carboxylic acids is 1. The Bertz CT molecular complexity index is 193. The molecule has 82 valence electrons. The first-order chi connectivity index (χ1) is 6.56. The smallest absolute Gasteiger partial charge is 0.404 e. The number of ether oxygens (including phenoxy) is 1. The van der Waals surface area contributed by atoms with Gasteiger partial charge in [0.15, 0.2) is 0 Å². The molecule has 0 aromatic rings. The summed E-state index contributed by atoms with van der Waals surface area (Å²) < 4.78 is 4.77. The van der Waals surface area contributed by atoms with Crippen molar-refractivity contribution in [2.75, 3.05) is 0 Å². The molecule has 0 aliphatic heterocycles. The van der Waals surface area contributed by atoms with Gasteiger partial charge in [0, 0.05) is 18.0 Å². The highest BCUT2D eigenvalue weighted by atomic mass is 35.5. The van der Waals surface area contributed by atoms with Crippen LogP contribution in [0.5, 0.6) is 0 Å². The Morgan fingerprint density at radius 2 is 2.07 bits per heavy atom. The van der Waals surface area contributed by atoms with Gasteiger partial charge in [0.25, 0.3) is 0 Å². The lowest BCUT2D eigenvalue weighted by Crippen LogP contribution is -2.16. The number of hydrogen-bond acceptors (Lipinski definition) is 3. The minimum Gasteiger partial charge on any atom is -0.481 e. The molecule has 5 heteroatoms. The van der Waals surface area contributed by atoms with Crippen LogP contribution in [0.1, 0.15) is 39.0 Å². The van der Waals surface area contributed by atoms with E-state index in [1.165, 1.54) is 0 Å². The van der Waals surface area contributed by atoms with Crippen molar-refractivity contribution in [3.8, 4) is 0 Å². The van der Waals surface area contributed by atoms with Crippen LogP contribution in [0, 0.1) is 0 Å². The Morgan fingerprint density at radius 1 is 1.43 bits per heavy atom. The molecule has 1 N–H and O–H groups in total. The Balaban J connectivity index is 3.83. The molecule has 4 nitrogen and oxygen atoms in total. The van der Waals surface area contributed by atoms with Crippen LogP contribution in [-0.2, 0) is 9.53 Å². The fraction of sp³-hybridized carbons (Fsp3) is 0.778. The van der Waals surface area contributed by atoms with E-state index in [4.69, 9.17) is 21.4 Å². The van der Waals surface area contributed by atoms with Crippen molar-refractivity contribution >= 4 is 23.0 Å². The van der Waals surface area contributed by atoms with E-state index in [0.29, 0.717) is 12.8 Å². The lowest BCUT2D eigenvalue weighted by atomic mass is 10.1. The second-order valence-electron chi connectivity index (χ2n) is 3.05. The first-order valence-corrected chi connectivity index (χ1v) is 5.02.